The second-order valence-electron chi connectivity index (χ2n) is 5.94. The fraction of sp³-hybridized carbons (Fsp3) is 0.647. The summed E-state index contributed by atoms with van der Waals surface area (Å²) in [5, 5.41) is 3.80. The quantitative estimate of drug-likeness (QED) is 0.892. The number of nitrogens with zero attached hydrogens (tertiary/aromatic N) is 1. The average molecular weight is 260 g/mol. The van der Waals surface area contributed by atoms with Gasteiger partial charge in [0, 0.05) is 24.7 Å². The number of hydrogen-bond acceptors (Lipinski definition) is 2. The average Bonchev–Trinajstić information content (AvgIpc) is 2.61. The summed E-state index contributed by atoms with van der Waals surface area (Å²) in [5.74, 6) is 0. The van der Waals surface area contributed by atoms with Gasteiger partial charge in [-0.2, -0.15) is 0 Å². The van der Waals surface area contributed by atoms with Crippen LogP contribution < -0.4 is 5.32 Å². The zero-order chi connectivity index (χ0) is 13.7. The van der Waals surface area contributed by atoms with Gasteiger partial charge in [0.15, 0.2) is 0 Å². The zero-order valence-corrected chi connectivity index (χ0v) is 12.7. The summed E-state index contributed by atoms with van der Waals surface area (Å²) >= 11 is 0. The molecule has 1 aliphatic rings. The Bertz CT molecular complexity index is 370. The van der Waals surface area contributed by atoms with E-state index in [0.717, 1.165) is 19.6 Å². The highest BCUT2D eigenvalue weighted by atomic mass is 15.2. The molecule has 1 saturated heterocycles. The van der Waals surface area contributed by atoms with Crippen molar-refractivity contribution in [1.82, 2.24) is 10.2 Å². The third-order valence-electron chi connectivity index (χ3n) is 4.77. The van der Waals surface area contributed by atoms with Crippen LogP contribution in [0.2, 0.25) is 0 Å². The first kappa shape index (κ1) is 14.5. The molecule has 1 aliphatic heterocycles. The molecule has 2 nitrogen and oxygen atoms in total. The first-order valence-electron chi connectivity index (χ1n) is 7.72. The van der Waals surface area contributed by atoms with E-state index in [4.69, 9.17) is 0 Å². The molecule has 0 bridgehead atoms. The Hall–Kier alpha value is -0.860. The topological polar surface area (TPSA) is 15.3 Å². The molecule has 1 aromatic rings. The van der Waals surface area contributed by atoms with Crippen LogP contribution in [0.25, 0.3) is 0 Å². The van der Waals surface area contributed by atoms with Gasteiger partial charge in [0.25, 0.3) is 0 Å². The highest BCUT2D eigenvalue weighted by Gasteiger charge is 2.32. The molecule has 0 amide bonds. The molecule has 1 heterocycles. The van der Waals surface area contributed by atoms with Crippen LogP contribution in [0.5, 0.6) is 0 Å². The standard InChI is InChI=1S/C17H28N2/c1-4-17(5-2)14-19(15(3)11-12-18-17)13-16-9-7-6-8-10-16/h6-10,15,18H,4-5,11-14H2,1-3H3. The fourth-order valence-corrected chi connectivity index (χ4v) is 3.08. The third-order valence-corrected chi connectivity index (χ3v) is 4.77. The van der Waals surface area contributed by atoms with Crippen LogP contribution in [-0.2, 0) is 6.54 Å². The molecule has 106 valence electrons. The summed E-state index contributed by atoms with van der Waals surface area (Å²) in [6.07, 6.45) is 3.66. The summed E-state index contributed by atoms with van der Waals surface area (Å²) in [4.78, 5) is 2.66. The first-order chi connectivity index (χ1) is 9.19. The second kappa shape index (κ2) is 6.53. The van der Waals surface area contributed by atoms with Gasteiger partial charge in [-0.3, -0.25) is 4.90 Å². The van der Waals surface area contributed by atoms with E-state index in [2.05, 4.69) is 61.3 Å². The van der Waals surface area contributed by atoms with Crippen LogP contribution in [0, 0.1) is 0 Å². The molecule has 1 atom stereocenters. The van der Waals surface area contributed by atoms with Crippen molar-refractivity contribution in [2.24, 2.45) is 0 Å². The lowest BCUT2D eigenvalue weighted by Crippen LogP contribution is -2.51. The van der Waals surface area contributed by atoms with Crippen molar-refractivity contribution in [3.63, 3.8) is 0 Å². The minimum absolute atomic E-state index is 0.305. The maximum absolute atomic E-state index is 3.80. The van der Waals surface area contributed by atoms with Crippen LogP contribution in [0.15, 0.2) is 30.3 Å². The maximum atomic E-state index is 3.80. The van der Waals surface area contributed by atoms with E-state index in [1.807, 2.05) is 0 Å². The van der Waals surface area contributed by atoms with Gasteiger partial charge in [0.2, 0.25) is 0 Å². The highest BCUT2D eigenvalue weighted by Crippen LogP contribution is 2.23. The van der Waals surface area contributed by atoms with E-state index in [9.17, 15) is 0 Å². The number of hydrogen-bond donors (Lipinski definition) is 1. The van der Waals surface area contributed by atoms with E-state index in [1.54, 1.807) is 0 Å². The first-order valence-corrected chi connectivity index (χ1v) is 7.72. The van der Waals surface area contributed by atoms with E-state index in [0.29, 0.717) is 11.6 Å². The molecular weight excluding hydrogens is 232 g/mol. The highest BCUT2D eigenvalue weighted by molar-refractivity contribution is 5.15. The minimum atomic E-state index is 0.305. The van der Waals surface area contributed by atoms with Gasteiger partial charge in [-0.25, -0.2) is 0 Å². The van der Waals surface area contributed by atoms with Gasteiger partial charge in [0.05, 0.1) is 0 Å². The van der Waals surface area contributed by atoms with Gasteiger partial charge >= 0.3 is 0 Å². The van der Waals surface area contributed by atoms with Gasteiger partial charge < -0.3 is 5.32 Å². The molecule has 1 N–H and O–H groups in total. The van der Waals surface area contributed by atoms with Crippen molar-refractivity contribution in [2.75, 3.05) is 13.1 Å². The Balaban J connectivity index is 2.12. The predicted molar refractivity (Wildman–Crippen MR) is 82.2 cm³/mol. The molecule has 19 heavy (non-hydrogen) atoms. The molecule has 1 unspecified atom stereocenters. The Kier molecular flexibility index (Phi) is 5.00. The van der Waals surface area contributed by atoms with E-state index >= 15 is 0 Å². The smallest absolute Gasteiger partial charge is 0.0303 e. The summed E-state index contributed by atoms with van der Waals surface area (Å²) < 4.78 is 0. The Morgan fingerprint density at radius 1 is 1.21 bits per heavy atom. The molecule has 0 aliphatic carbocycles. The molecule has 2 heteroatoms. The monoisotopic (exact) mass is 260 g/mol. The maximum Gasteiger partial charge on any atom is 0.0303 e. The Morgan fingerprint density at radius 3 is 2.53 bits per heavy atom. The molecule has 1 fully saturated rings. The van der Waals surface area contributed by atoms with E-state index in [1.165, 1.54) is 24.8 Å². The van der Waals surface area contributed by atoms with Crippen molar-refractivity contribution < 1.29 is 0 Å². The summed E-state index contributed by atoms with van der Waals surface area (Å²) in [6, 6.07) is 11.5. The van der Waals surface area contributed by atoms with Crippen LogP contribution in [-0.4, -0.2) is 29.6 Å². The summed E-state index contributed by atoms with van der Waals surface area (Å²) in [5.41, 5.74) is 1.73. The normalized spacial score (nSPS) is 24.1. The van der Waals surface area contributed by atoms with Gasteiger partial charge in [-0.05, 0) is 38.3 Å². The SMILES string of the molecule is CCC1(CC)CN(Cc2ccccc2)C(C)CCN1. The molecule has 0 spiro atoms. The summed E-state index contributed by atoms with van der Waals surface area (Å²) in [7, 11) is 0. The van der Waals surface area contributed by atoms with Crippen molar-refractivity contribution >= 4 is 0 Å². The lowest BCUT2D eigenvalue weighted by Gasteiger charge is -2.37. The largest absolute Gasteiger partial charge is 0.310 e. The molecule has 2 rings (SSSR count). The molecule has 0 saturated carbocycles. The van der Waals surface area contributed by atoms with Gasteiger partial charge in [0.1, 0.15) is 0 Å². The molecule has 0 radical (unpaired) electrons. The van der Waals surface area contributed by atoms with Gasteiger partial charge in [-0.1, -0.05) is 44.2 Å². The van der Waals surface area contributed by atoms with E-state index in [-0.39, 0.29) is 0 Å². The van der Waals surface area contributed by atoms with Crippen LogP contribution in [0.4, 0.5) is 0 Å². The zero-order valence-electron chi connectivity index (χ0n) is 12.7. The van der Waals surface area contributed by atoms with Crippen LogP contribution >= 0.6 is 0 Å². The summed E-state index contributed by atoms with van der Waals surface area (Å²) in [6.45, 7) is 10.4. The molecular formula is C17H28N2. The molecule has 0 aromatic heterocycles. The van der Waals surface area contributed by atoms with Crippen molar-refractivity contribution in [2.45, 2.75) is 58.2 Å². The lowest BCUT2D eigenvalue weighted by atomic mass is 9.92. The number of nitrogens with one attached hydrogen (secondary N) is 1. The molecule has 1 aromatic carbocycles. The van der Waals surface area contributed by atoms with Crippen molar-refractivity contribution in [3.05, 3.63) is 35.9 Å². The van der Waals surface area contributed by atoms with Crippen molar-refractivity contribution in [3.8, 4) is 0 Å². The van der Waals surface area contributed by atoms with Crippen LogP contribution in [0.3, 0.4) is 0 Å². The fourth-order valence-electron chi connectivity index (χ4n) is 3.08. The Morgan fingerprint density at radius 2 is 1.89 bits per heavy atom. The number of rotatable bonds is 4. The van der Waals surface area contributed by atoms with Gasteiger partial charge in [-0.15, -0.1) is 0 Å². The Labute approximate surface area is 118 Å². The second-order valence-corrected chi connectivity index (χ2v) is 5.94. The number of benzene rings is 1. The van der Waals surface area contributed by atoms with E-state index < -0.39 is 0 Å². The van der Waals surface area contributed by atoms with Crippen LogP contribution in [0.1, 0.15) is 45.6 Å². The lowest BCUT2D eigenvalue weighted by molar-refractivity contribution is 0.152. The predicted octanol–water partition coefficient (Wildman–Crippen LogP) is 3.43. The minimum Gasteiger partial charge on any atom is -0.310 e. The third kappa shape index (κ3) is 3.58. The van der Waals surface area contributed by atoms with Crippen molar-refractivity contribution in [1.29, 1.82) is 0 Å².